The normalized spacial score (nSPS) is 10.6. The van der Waals surface area contributed by atoms with Crippen LogP contribution in [0.25, 0.3) is 11.4 Å². The molecule has 0 aliphatic heterocycles. The third-order valence-electron chi connectivity index (χ3n) is 4.09. The molecule has 0 radical (unpaired) electrons. The number of imidazole rings is 1. The summed E-state index contributed by atoms with van der Waals surface area (Å²) in [7, 11) is 0. The Bertz CT molecular complexity index is 1100. The van der Waals surface area contributed by atoms with Gasteiger partial charge < -0.3 is 10.7 Å². The molecule has 0 atom stereocenters. The first-order chi connectivity index (χ1) is 13.9. The molecule has 2 amide bonds. The van der Waals surface area contributed by atoms with Crippen LogP contribution < -0.4 is 16.2 Å². The van der Waals surface area contributed by atoms with E-state index in [9.17, 15) is 19.2 Å². The quantitative estimate of drug-likeness (QED) is 0.643. The van der Waals surface area contributed by atoms with Crippen molar-refractivity contribution in [3.8, 4) is 11.4 Å². The first kappa shape index (κ1) is 19.8. The van der Waals surface area contributed by atoms with Gasteiger partial charge in [-0.2, -0.15) is 0 Å². The standard InChI is InChI=1S/C19H18N6O4/c1-12(26)25(16(27)6-7-20)14-4-2-13(3-5-14)17-22-10-15(18(28)23-17)19(29)24-9-8-21-11-24/h2-5,8-11H,6-7,20H2,1H3,(H,22,23,28). The van der Waals surface area contributed by atoms with Crippen LogP contribution in [0.4, 0.5) is 5.69 Å². The maximum atomic E-state index is 12.3. The maximum Gasteiger partial charge on any atom is 0.270 e. The number of aromatic amines is 1. The summed E-state index contributed by atoms with van der Waals surface area (Å²) in [6.45, 7) is 1.42. The van der Waals surface area contributed by atoms with Crippen LogP contribution in [0.2, 0.25) is 0 Å². The fraction of sp³-hybridized carbons (Fsp3) is 0.158. The largest absolute Gasteiger partial charge is 0.330 e. The molecule has 2 aromatic heterocycles. The van der Waals surface area contributed by atoms with E-state index in [1.165, 1.54) is 36.4 Å². The molecular formula is C19H18N6O4. The molecule has 10 nitrogen and oxygen atoms in total. The van der Waals surface area contributed by atoms with E-state index in [2.05, 4.69) is 15.0 Å². The minimum atomic E-state index is -0.596. The van der Waals surface area contributed by atoms with Crippen LogP contribution in [0.1, 0.15) is 23.7 Å². The summed E-state index contributed by atoms with van der Waals surface area (Å²) in [6.07, 6.45) is 5.39. The fourth-order valence-corrected chi connectivity index (χ4v) is 2.72. The lowest BCUT2D eigenvalue weighted by Gasteiger charge is -2.19. The van der Waals surface area contributed by atoms with Gasteiger partial charge in [0.05, 0.1) is 5.69 Å². The Morgan fingerprint density at radius 1 is 1.21 bits per heavy atom. The number of anilines is 1. The lowest BCUT2D eigenvalue weighted by atomic mass is 10.1. The van der Waals surface area contributed by atoms with Gasteiger partial charge in [-0.25, -0.2) is 9.97 Å². The number of aromatic nitrogens is 4. The van der Waals surface area contributed by atoms with Crippen LogP contribution in [-0.4, -0.2) is 43.8 Å². The number of hydrogen-bond donors (Lipinski definition) is 2. The van der Waals surface area contributed by atoms with E-state index >= 15 is 0 Å². The molecule has 0 aliphatic carbocycles. The summed E-state index contributed by atoms with van der Waals surface area (Å²) in [5.41, 5.74) is 5.60. The SMILES string of the molecule is CC(=O)N(C(=O)CCN)c1ccc(-c2ncc(C(=O)n3ccnc3)c(=O)[nH]2)cc1. The van der Waals surface area contributed by atoms with Crippen LogP contribution in [-0.2, 0) is 9.59 Å². The molecule has 1 aromatic carbocycles. The molecular weight excluding hydrogens is 376 g/mol. The molecule has 0 saturated carbocycles. The first-order valence-electron chi connectivity index (χ1n) is 8.68. The smallest absolute Gasteiger partial charge is 0.270 e. The van der Waals surface area contributed by atoms with Crippen molar-refractivity contribution in [2.45, 2.75) is 13.3 Å². The second kappa shape index (κ2) is 8.40. The zero-order valence-corrected chi connectivity index (χ0v) is 15.5. The van der Waals surface area contributed by atoms with E-state index in [-0.39, 0.29) is 24.4 Å². The van der Waals surface area contributed by atoms with Crippen molar-refractivity contribution in [3.05, 3.63) is 65.1 Å². The predicted octanol–water partition coefficient (Wildman–Crippen LogP) is 0.550. The lowest BCUT2D eigenvalue weighted by molar-refractivity contribution is -0.125. The lowest BCUT2D eigenvalue weighted by Crippen LogP contribution is -2.36. The molecule has 0 unspecified atom stereocenters. The highest BCUT2D eigenvalue weighted by atomic mass is 16.2. The Hall–Kier alpha value is -3.92. The zero-order valence-electron chi connectivity index (χ0n) is 15.5. The Labute approximate surface area is 165 Å². The Morgan fingerprint density at radius 3 is 2.48 bits per heavy atom. The number of nitrogens with two attached hydrogens (primary N) is 1. The number of amides is 2. The van der Waals surface area contributed by atoms with Crippen LogP contribution in [0.5, 0.6) is 0 Å². The Balaban J connectivity index is 1.87. The van der Waals surface area contributed by atoms with Gasteiger partial charge in [0, 0.05) is 44.0 Å². The monoisotopic (exact) mass is 394 g/mol. The van der Waals surface area contributed by atoms with Crippen LogP contribution >= 0.6 is 0 Å². The highest BCUT2D eigenvalue weighted by Crippen LogP contribution is 2.21. The molecule has 0 spiro atoms. The number of hydrogen-bond acceptors (Lipinski definition) is 7. The van der Waals surface area contributed by atoms with E-state index in [0.29, 0.717) is 11.3 Å². The second-order valence-corrected chi connectivity index (χ2v) is 6.08. The van der Waals surface area contributed by atoms with Gasteiger partial charge in [0.25, 0.3) is 11.5 Å². The van der Waals surface area contributed by atoms with Crippen molar-refractivity contribution in [1.82, 2.24) is 19.5 Å². The van der Waals surface area contributed by atoms with Crippen molar-refractivity contribution in [2.75, 3.05) is 11.4 Å². The summed E-state index contributed by atoms with van der Waals surface area (Å²) < 4.78 is 1.18. The number of imide groups is 1. The predicted molar refractivity (Wildman–Crippen MR) is 104 cm³/mol. The third-order valence-corrected chi connectivity index (χ3v) is 4.09. The zero-order chi connectivity index (χ0) is 21.0. The van der Waals surface area contributed by atoms with Crippen LogP contribution in [0.15, 0.2) is 54.0 Å². The van der Waals surface area contributed by atoms with Gasteiger partial charge >= 0.3 is 0 Å². The highest BCUT2D eigenvalue weighted by Gasteiger charge is 2.20. The summed E-state index contributed by atoms with van der Waals surface area (Å²) in [5, 5.41) is 0. The molecule has 0 aliphatic rings. The fourth-order valence-electron chi connectivity index (χ4n) is 2.72. The van der Waals surface area contributed by atoms with Gasteiger partial charge in [0.2, 0.25) is 11.8 Å². The van der Waals surface area contributed by atoms with Gasteiger partial charge in [0.15, 0.2) is 0 Å². The van der Waals surface area contributed by atoms with Gasteiger partial charge in [-0.3, -0.25) is 28.6 Å². The minimum Gasteiger partial charge on any atom is -0.330 e. The topological polar surface area (TPSA) is 144 Å². The number of H-pyrrole nitrogens is 1. The van der Waals surface area contributed by atoms with E-state index in [1.807, 2.05) is 0 Å². The molecule has 3 aromatic rings. The van der Waals surface area contributed by atoms with E-state index in [1.54, 1.807) is 24.3 Å². The van der Waals surface area contributed by atoms with Gasteiger partial charge in [-0.15, -0.1) is 0 Å². The van der Waals surface area contributed by atoms with E-state index in [0.717, 1.165) is 4.90 Å². The molecule has 2 heterocycles. The van der Waals surface area contributed by atoms with E-state index in [4.69, 9.17) is 5.73 Å². The van der Waals surface area contributed by atoms with Crippen LogP contribution in [0, 0.1) is 0 Å². The summed E-state index contributed by atoms with van der Waals surface area (Å²) in [6, 6.07) is 6.35. The molecule has 3 rings (SSSR count). The molecule has 0 fully saturated rings. The highest BCUT2D eigenvalue weighted by molar-refractivity contribution is 6.14. The number of carbonyl (C=O) groups is 3. The Morgan fingerprint density at radius 2 is 1.93 bits per heavy atom. The van der Waals surface area contributed by atoms with Crippen molar-refractivity contribution in [1.29, 1.82) is 0 Å². The first-order valence-corrected chi connectivity index (χ1v) is 8.68. The number of benzene rings is 1. The van der Waals surface area contributed by atoms with Gasteiger partial charge in [-0.05, 0) is 24.3 Å². The average Bonchev–Trinajstić information content (AvgIpc) is 3.23. The average molecular weight is 394 g/mol. The molecule has 0 bridgehead atoms. The Kier molecular flexibility index (Phi) is 5.74. The van der Waals surface area contributed by atoms with Crippen LogP contribution in [0.3, 0.4) is 0 Å². The minimum absolute atomic E-state index is 0.0443. The number of rotatable bonds is 5. The summed E-state index contributed by atoms with van der Waals surface area (Å²) >= 11 is 0. The number of carbonyl (C=O) groups excluding carboxylic acids is 3. The molecule has 10 heteroatoms. The van der Waals surface area contributed by atoms with Crippen molar-refractivity contribution in [2.24, 2.45) is 5.73 Å². The maximum absolute atomic E-state index is 12.3. The third kappa shape index (κ3) is 4.17. The van der Waals surface area contributed by atoms with Gasteiger partial charge in [-0.1, -0.05) is 0 Å². The summed E-state index contributed by atoms with van der Waals surface area (Å²) in [4.78, 5) is 60.0. The molecule has 29 heavy (non-hydrogen) atoms. The number of nitrogens with one attached hydrogen (secondary N) is 1. The summed E-state index contributed by atoms with van der Waals surface area (Å²) in [5.74, 6) is -1.13. The van der Waals surface area contributed by atoms with Crippen molar-refractivity contribution in [3.63, 3.8) is 0 Å². The van der Waals surface area contributed by atoms with E-state index < -0.39 is 23.3 Å². The molecule has 0 saturated heterocycles. The second-order valence-electron chi connectivity index (χ2n) is 6.08. The van der Waals surface area contributed by atoms with Crippen molar-refractivity contribution < 1.29 is 14.4 Å². The number of nitrogens with zero attached hydrogens (tertiary/aromatic N) is 4. The molecule has 3 N–H and O–H groups in total. The molecule has 148 valence electrons. The van der Waals surface area contributed by atoms with Crippen molar-refractivity contribution >= 4 is 23.4 Å². The van der Waals surface area contributed by atoms with Gasteiger partial charge in [0.1, 0.15) is 17.7 Å².